The smallest absolute Gasteiger partial charge is 0.226 e. The Morgan fingerprint density at radius 1 is 1.10 bits per heavy atom. The Bertz CT molecular complexity index is 1070. The van der Waals surface area contributed by atoms with Crippen LogP contribution in [0.2, 0.25) is 5.02 Å². The van der Waals surface area contributed by atoms with Crippen LogP contribution >= 0.6 is 11.6 Å². The van der Waals surface area contributed by atoms with Crippen LogP contribution in [0.4, 0.5) is 10.1 Å². The van der Waals surface area contributed by atoms with Crippen molar-refractivity contribution in [1.29, 1.82) is 0 Å². The molecule has 0 aliphatic rings. The number of aryl methyl sites for hydroxylation is 1. The van der Waals surface area contributed by atoms with E-state index in [0.717, 1.165) is 16.8 Å². The van der Waals surface area contributed by atoms with Crippen molar-refractivity contribution in [3.05, 3.63) is 82.9 Å². The number of rotatable bonds is 7. The van der Waals surface area contributed by atoms with Gasteiger partial charge in [-0.25, -0.2) is 4.98 Å². The van der Waals surface area contributed by atoms with Crippen LogP contribution in [0, 0.1) is 5.95 Å². The van der Waals surface area contributed by atoms with Crippen LogP contribution in [-0.2, 0) is 11.2 Å². The molecular formula is C24H22ClFN2O2. The van der Waals surface area contributed by atoms with Crippen LogP contribution in [0.15, 0.2) is 60.8 Å². The molecule has 4 nitrogen and oxygen atoms in total. The second-order valence-electron chi connectivity index (χ2n) is 6.92. The average molecular weight is 425 g/mol. The first-order chi connectivity index (χ1) is 14.4. The molecule has 1 amide bonds. The van der Waals surface area contributed by atoms with Gasteiger partial charge in [0.1, 0.15) is 0 Å². The summed E-state index contributed by atoms with van der Waals surface area (Å²) in [5.41, 5.74) is 3.38. The van der Waals surface area contributed by atoms with Crippen molar-refractivity contribution < 1.29 is 14.0 Å². The molecule has 154 valence electrons. The van der Waals surface area contributed by atoms with E-state index in [4.69, 9.17) is 11.6 Å². The van der Waals surface area contributed by atoms with Gasteiger partial charge in [-0.2, -0.15) is 4.39 Å². The molecule has 0 radical (unpaired) electrons. The summed E-state index contributed by atoms with van der Waals surface area (Å²) in [6.07, 6.45) is 2.27. The maximum atomic E-state index is 13.6. The molecule has 0 fully saturated rings. The number of halogens is 2. The fraction of sp³-hybridized carbons (Fsp3) is 0.208. The maximum Gasteiger partial charge on any atom is 0.226 e. The number of Topliss-reactive ketones (excluding diaryl/α,β-unsaturated/α-hetero) is 1. The molecule has 0 N–H and O–H groups in total. The zero-order valence-electron chi connectivity index (χ0n) is 16.9. The van der Waals surface area contributed by atoms with Crippen LogP contribution in [0.1, 0.15) is 35.7 Å². The van der Waals surface area contributed by atoms with Crippen molar-refractivity contribution in [2.24, 2.45) is 0 Å². The van der Waals surface area contributed by atoms with Gasteiger partial charge in [0.05, 0.1) is 0 Å². The minimum atomic E-state index is -0.548. The first-order valence-corrected chi connectivity index (χ1v) is 10.1. The van der Waals surface area contributed by atoms with E-state index >= 15 is 0 Å². The van der Waals surface area contributed by atoms with Gasteiger partial charge in [0.2, 0.25) is 11.9 Å². The first-order valence-electron chi connectivity index (χ1n) is 9.69. The zero-order valence-corrected chi connectivity index (χ0v) is 17.6. The lowest BCUT2D eigenvalue weighted by molar-refractivity contribution is -0.118. The standard InChI is InChI=1S/C24H22ClFN2O2/c1-3-23(30)28(2)19-10-6-16(7-11-19)20-12-8-18(15-21(20)25)22(29)13-9-17-5-4-14-27-24(17)26/h4-8,10-12,14-15H,3,9,13H2,1-2H3. The average Bonchev–Trinajstić information content (AvgIpc) is 2.77. The SMILES string of the molecule is CCC(=O)N(C)c1ccc(-c2ccc(C(=O)CCc3cccnc3F)cc2Cl)cc1. The quantitative estimate of drug-likeness (QED) is 0.359. The monoisotopic (exact) mass is 424 g/mol. The highest BCUT2D eigenvalue weighted by molar-refractivity contribution is 6.33. The zero-order chi connectivity index (χ0) is 21.7. The lowest BCUT2D eigenvalue weighted by atomic mass is 9.99. The Balaban J connectivity index is 1.72. The highest BCUT2D eigenvalue weighted by Gasteiger charge is 2.13. The van der Waals surface area contributed by atoms with Crippen LogP contribution < -0.4 is 4.90 Å². The van der Waals surface area contributed by atoms with Gasteiger partial charge < -0.3 is 4.90 Å². The summed E-state index contributed by atoms with van der Waals surface area (Å²) >= 11 is 6.44. The molecule has 2 aromatic carbocycles. The van der Waals surface area contributed by atoms with Crippen molar-refractivity contribution >= 4 is 29.0 Å². The summed E-state index contributed by atoms with van der Waals surface area (Å²) in [4.78, 5) is 29.5. The van der Waals surface area contributed by atoms with Crippen molar-refractivity contribution in [3.8, 4) is 11.1 Å². The second-order valence-corrected chi connectivity index (χ2v) is 7.33. The van der Waals surface area contributed by atoms with Crippen molar-refractivity contribution in [2.75, 3.05) is 11.9 Å². The van der Waals surface area contributed by atoms with E-state index in [0.29, 0.717) is 22.6 Å². The Kier molecular flexibility index (Phi) is 6.95. The molecule has 0 bridgehead atoms. The third-order valence-corrected chi connectivity index (χ3v) is 5.30. The fourth-order valence-corrected chi connectivity index (χ4v) is 3.46. The van der Waals surface area contributed by atoms with Gasteiger partial charge in [0, 0.05) is 53.5 Å². The van der Waals surface area contributed by atoms with Crippen molar-refractivity contribution in [2.45, 2.75) is 26.2 Å². The van der Waals surface area contributed by atoms with E-state index in [-0.39, 0.29) is 24.5 Å². The van der Waals surface area contributed by atoms with E-state index < -0.39 is 5.95 Å². The molecule has 6 heteroatoms. The van der Waals surface area contributed by atoms with E-state index in [1.165, 1.54) is 6.20 Å². The van der Waals surface area contributed by atoms with Crippen LogP contribution in [0.25, 0.3) is 11.1 Å². The summed E-state index contributed by atoms with van der Waals surface area (Å²) in [6.45, 7) is 1.82. The lowest BCUT2D eigenvalue weighted by Gasteiger charge is -2.17. The number of carbonyl (C=O) groups is 2. The highest BCUT2D eigenvalue weighted by atomic mass is 35.5. The number of pyridine rings is 1. The normalized spacial score (nSPS) is 10.7. The molecule has 1 heterocycles. The molecule has 30 heavy (non-hydrogen) atoms. The lowest BCUT2D eigenvalue weighted by Crippen LogP contribution is -2.24. The maximum absolute atomic E-state index is 13.6. The Morgan fingerprint density at radius 3 is 2.47 bits per heavy atom. The van der Waals surface area contributed by atoms with Gasteiger partial charge in [-0.3, -0.25) is 9.59 Å². The Labute approximate surface area is 180 Å². The summed E-state index contributed by atoms with van der Waals surface area (Å²) in [6, 6.07) is 15.9. The minimum Gasteiger partial charge on any atom is -0.316 e. The first kappa shape index (κ1) is 21.7. The van der Waals surface area contributed by atoms with E-state index in [2.05, 4.69) is 4.98 Å². The van der Waals surface area contributed by atoms with Gasteiger partial charge in [-0.05, 0) is 36.2 Å². The number of ketones is 1. The summed E-state index contributed by atoms with van der Waals surface area (Å²) < 4.78 is 13.6. The molecular weight excluding hydrogens is 403 g/mol. The fourth-order valence-electron chi connectivity index (χ4n) is 3.17. The second kappa shape index (κ2) is 9.63. The molecule has 3 rings (SSSR count). The number of nitrogens with zero attached hydrogens (tertiary/aromatic N) is 2. The minimum absolute atomic E-state index is 0.0369. The number of aromatic nitrogens is 1. The predicted octanol–water partition coefficient (Wildman–Crippen LogP) is 5.73. The molecule has 0 unspecified atom stereocenters. The number of anilines is 1. The number of hydrogen-bond donors (Lipinski definition) is 0. The van der Waals surface area contributed by atoms with Gasteiger partial charge >= 0.3 is 0 Å². The van der Waals surface area contributed by atoms with Crippen LogP contribution in [0.3, 0.4) is 0 Å². The number of hydrogen-bond acceptors (Lipinski definition) is 3. The summed E-state index contributed by atoms with van der Waals surface area (Å²) in [7, 11) is 1.74. The number of benzene rings is 2. The van der Waals surface area contributed by atoms with Gasteiger partial charge in [0.15, 0.2) is 5.78 Å². The molecule has 0 saturated carbocycles. The van der Waals surface area contributed by atoms with Crippen molar-refractivity contribution in [3.63, 3.8) is 0 Å². The van der Waals surface area contributed by atoms with Crippen LogP contribution in [-0.4, -0.2) is 23.7 Å². The third kappa shape index (κ3) is 4.92. The summed E-state index contributed by atoms with van der Waals surface area (Å²) in [5.74, 6) is -0.620. The summed E-state index contributed by atoms with van der Waals surface area (Å²) in [5, 5.41) is 0.458. The molecule has 1 aromatic heterocycles. The van der Waals surface area contributed by atoms with Gasteiger partial charge in [0.25, 0.3) is 0 Å². The largest absolute Gasteiger partial charge is 0.316 e. The third-order valence-electron chi connectivity index (χ3n) is 4.99. The molecule has 3 aromatic rings. The molecule has 0 aliphatic heterocycles. The molecule has 0 spiro atoms. The number of amides is 1. The van der Waals surface area contributed by atoms with Gasteiger partial charge in [-0.15, -0.1) is 0 Å². The molecule has 0 saturated heterocycles. The topological polar surface area (TPSA) is 50.3 Å². The molecule has 0 atom stereocenters. The highest BCUT2D eigenvalue weighted by Crippen LogP contribution is 2.30. The van der Waals surface area contributed by atoms with Gasteiger partial charge in [-0.1, -0.05) is 48.9 Å². The predicted molar refractivity (Wildman–Crippen MR) is 117 cm³/mol. The Hall–Kier alpha value is -3.05. The van der Waals surface area contributed by atoms with E-state index in [1.54, 1.807) is 42.3 Å². The van der Waals surface area contributed by atoms with E-state index in [1.807, 2.05) is 31.2 Å². The van der Waals surface area contributed by atoms with Crippen molar-refractivity contribution in [1.82, 2.24) is 4.98 Å². The number of carbonyl (C=O) groups excluding carboxylic acids is 2. The molecule has 0 aliphatic carbocycles. The van der Waals surface area contributed by atoms with E-state index in [9.17, 15) is 14.0 Å². The van der Waals surface area contributed by atoms with Crippen LogP contribution in [0.5, 0.6) is 0 Å². The Morgan fingerprint density at radius 2 is 1.83 bits per heavy atom.